The molecule has 2 aliphatic rings. The lowest BCUT2D eigenvalue weighted by atomic mass is 9.98. The molecule has 1 aliphatic carbocycles. The van der Waals surface area contributed by atoms with Crippen LogP contribution < -0.4 is 5.32 Å². The Labute approximate surface area is 204 Å². The van der Waals surface area contributed by atoms with Crippen LogP contribution in [0.2, 0.25) is 0 Å². The third kappa shape index (κ3) is 4.23. The molecule has 1 aliphatic heterocycles. The van der Waals surface area contributed by atoms with Gasteiger partial charge >= 0.3 is 12.1 Å². The Balaban J connectivity index is 1.34. The van der Waals surface area contributed by atoms with Gasteiger partial charge in [0, 0.05) is 11.7 Å². The number of carboxylic acid groups (broad SMARTS) is 1. The number of nitrogens with zero attached hydrogens (tertiary/aromatic N) is 1. The lowest BCUT2D eigenvalue weighted by Gasteiger charge is -2.22. The number of carboxylic acids is 1. The first-order valence-electron chi connectivity index (χ1n) is 11.0. The van der Waals surface area contributed by atoms with Crippen molar-refractivity contribution in [3.05, 3.63) is 89.2 Å². The van der Waals surface area contributed by atoms with E-state index in [1.54, 1.807) is 0 Å². The smallest absolute Gasteiger partial charge is 0.411 e. The quantitative estimate of drug-likeness (QED) is 0.532. The molecule has 5 rings (SSSR count). The molecule has 178 valence electrons. The molecule has 0 spiro atoms. The van der Waals surface area contributed by atoms with Gasteiger partial charge in [0.2, 0.25) is 0 Å². The van der Waals surface area contributed by atoms with E-state index in [2.05, 4.69) is 5.32 Å². The number of carbonyl (C=O) groups excluding carboxylic acids is 2. The van der Waals surface area contributed by atoms with Crippen LogP contribution >= 0.6 is 11.8 Å². The second-order valence-electron chi connectivity index (χ2n) is 8.24. The minimum Gasteiger partial charge on any atom is -0.480 e. The number of aliphatic carboxylic acids is 1. The van der Waals surface area contributed by atoms with Gasteiger partial charge in [0.1, 0.15) is 18.5 Å². The SMILES string of the molecule is O=C(Nc1c(F)cccc1C(=O)N1CSCC1C(=O)O)OCC1c2ccccc2-c2ccccc21. The van der Waals surface area contributed by atoms with Gasteiger partial charge in [-0.3, -0.25) is 10.1 Å². The van der Waals surface area contributed by atoms with Gasteiger partial charge in [-0.05, 0) is 34.4 Å². The zero-order valence-corrected chi connectivity index (χ0v) is 19.3. The lowest BCUT2D eigenvalue weighted by Crippen LogP contribution is -2.42. The predicted octanol–water partition coefficient (Wildman–Crippen LogP) is 4.79. The van der Waals surface area contributed by atoms with Crippen molar-refractivity contribution in [3.8, 4) is 11.1 Å². The zero-order valence-electron chi connectivity index (χ0n) is 18.4. The summed E-state index contributed by atoms with van der Waals surface area (Å²) in [6.07, 6.45) is -0.906. The Morgan fingerprint density at radius 3 is 2.31 bits per heavy atom. The van der Waals surface area contributed by atoms with Crippen molar-refractivity contribution >= 4 is 35.4 Å². The van der Waals surface area contributed by atoms with E-state index in [4.69, 9.17) is 4.74 Å². The number of fused-ring (bicyclic) bond motifs is 3. The van der Waals surface area contributed by atoms with Crippen LogP contribution in [0.4, 0.5) is 14.9 Å². The molecule has 7 nitrogen and oxygen atoms in total. The van der Waals surface area contributed by atoms with Crippen molar-refractivity contribution in [1.82, 2.24) is 4.90 Å². The van der Waals surface area contributed by atoms with Crippen molar-refractivity contribution in [3.63, 3.8) is 0 Å². The molecule has 3 aromatic carbocycles. The van der Waals surface area contributed by atoms with Gasteiger partial charge in [-0.1, -0.05) is 54.6 Å². The Bertz CT molecular complexity index is 1290. The van der Waals surface area contributed by atoms with Crippen LogP contribution in [0.15, 0.2) is 66.7 Å². The largest absolute Gasteiger partial charge is 0.480 e. The molecular weight excluding hydrogens is 471 g/mol. The third-order valence-electron chi connectivity index (χ3n) is 6.24. The topological polar surface area (TPSA) is 95.9 Å². The molecule has 0 aromatic heterocycles. The fraction of sp³-hybridized carbons (Fsp3) is 0.192. The van der Waals surface area contributed by atoms with E-state index in [0.29, 0.717) is 0 Å². The number of para-hydroxylation sites is 1. The summed E-state index contributed by atoms with van der Waals surface area (Å²) < 4.78 is 20.2. The van der Waals surface area contributed by atoms with E-state index in [0.717, 1.165) is 33.2 Å². The lowest BCUT2D eigenvalue weighted by molar-refractivity contribution is -0.140. The minimum absolute atomic E-state index is 0.0292. The number of amides is 2. The maximum Gasteiger partial charge on any atom is 0.411 e. The predicted molar refractivity (Wildman–Crippen MR) is 130 cm³/mol. The maximum atomic E-state index is 14.7. The van der Waals surface area contributed by atoms with Gasteiger partial charge in [0.05, 0.1) is 17.1 Å². The summed E-state index contributed by atoms with van der Waals surface area (Å²) in [6, 6.07) is 18.6. The second kappa shape index (κ2) is 9.42. The molecule has 1 atom stereocenters. The van der Waals surface area contributed by atoms with E-state index in [1.807, 2.05) is 48.5 Å². The van der Waals surface area contributed by atoms with Gasteiger partial charge in [0.15, 0.2) is 0 Å². The van der Waals surface area contributed by atoms with Crippen molar-refractivity contribution in [1.29, 1.82) is 0 Å². The molecule has 2 N–H and O–H groups in total. The van der Waals surface area contributed by atoms with Gasteiger partial charge in [-0.2, -0.15) is 0 Å². The number of hydrogen-bond donors (Lipinski definition) is 2. The van der Waals surface area contributed by atoms with Crippen LogP contribution in [0, 0.1) is 5.82 Å². The third-order valence-corrected chi connectivity index (χ3v) is 7.26. The Kier molecular flexibility index (Phi) is 6.17. The molecule has 2 amide bonds. The summed E-state index contributed by atoms with van der Waals surface area (Å²) in [6.45, 7) is 0.0292. The molecule has 1 fully saturated rings. The molecule has 3 aromatic rings. The van der Waals surface area contributed by atoms with Gasteiger partial charge in [0.25, 0.3) is 5.91 Å². The van der Waals surface area contributed by atoms with Crippen LogP contribution in [0.3, 0.4) is 0 Å². The average Bonchev–Trinajstić information content (AvgIpc) is 3.47. The highest BCUT2D eigenvalue weighted by Gasteiger charge is 2.36. The number of hydrogen-bond acceptors (Lipinski definition) is 5. The molecular formula is C26H21FN2O5S. The van der Waals surface area contributed by atoms with E-state index in [1.165, 1.54) is 23.9 Å². The van der Waals surface area contributed by atoms with E-state index in [-0.39, 0.29) is 35.4 Å². The molecule has 0 radical (unpaired) electrons. The van der Waals surface area contributed by atoms with Gasteiger partial charge < -0.3 is 14.7 Å². The first-order chi connectivity index (χ1) is 17.0. The maximum absolute atomic E-state index is 14.7. The minimum atomic E-state index is -1.13. The molecule has 0 bridgehead atoms. The standard InChI is InChI=1S/C26H21FN2O5S/c27-21-11-5-10-19(24(30)29-14-35-13-22(29)25(31)32)23(21)28-26(33)34-12-20-17-8-3-1-6-15(17)16-7-2-4-9-18(16)20/h1-11,20,22H,12-14H2,(H,28,33)(H,31,32). The summed E-state index contributed by atoms with van der Waals surface area (Å²) in [5, 5.41) is 11.8. The summed E-state index contributed by atoms with van der Waals surface area (Å²) in [5.74, 6) is -2.39. The van der Waals surface area contributed by atoms with Gasteiger partial charge in [-0.25, -0.2) is 14.0 Å². The summed E-state index contributed by atoms with van der Waals surface area (Å²) in [4.78, 5) is 38.4. The first kappa shape index (κ1) is 22.9. The van der Waals surface area contributed by atoms with Crippen LogP contribution in [0.1, 0.15) is 27.4 Å². The molecule has 1 unspecified atom stereocenters. The van der Waals surface area contributed by atoms with E-state index < -0.39 is 29.8 Å². The van der Waals surface area contributed by atoms with E-state index >= 15 is 0 Å². The highest BCUT2D eigenvalue weighted by atomic mass is 32.2. The number of carbonyl (C=O) groups is 3. The molecule has 1 heterocycles. The number of benzene rings is 3. The number of ether oxygens (including phenoxy) is 1. The van der Waals surface area contributed by atoms with Crippen LogP contribution in [-0.4, -0.2) is 52.3 Å². The zero-order chi connectivity index (χ0) is 24.5. The summed E-state index contributed by atoms with van der Waals surface area (Å²) in [7, 11) is 0. The van der Waals surface area contributed by atoms with Crippen molar-refractivity contribution in [2.75, 3.05) is 23.6 Å². The highest BCUT2D eigenvalue weighted by Crippen LogP contribution is 2.44. The normalized spacial score (nSPS) is 16.5. The molecule has 1 saturated heterocycles. The summed E-state index contributed by atoms with van der Waals surface area (Å²) in [5.41, 5.74) is 3.76. The number of rotatable bonds is 5. The number of anilines is 1. The van der Waals surface area contributed by atoms with Crippen molar-refractivity contribution < 1.29 is 28.6 Å². The van der Waals surface area contributed by atoms with Crippen LogP contribution in [-0.2, 0) is 9.53 Å². The fourth-order valence-electron chi connectivity index (χ4n) is 4.57. The van der Waals surface area contributed by atoms with E-state index in [9.17, 15) is 23.9 Å². The summed E-state index contributed by atoms with van der Waals surface area (Å²) >= 11 is 1.30. The van der Waals surface area contributed by atoms with Crippen molar-refractivity contribution in [2.24, 2.45) is 0 Å². The molecule has 0 saturated carbocycles. The Morgan fingerprint density at radius 2 is 1.66 bits per heavy atom. The second-order valence-corrected chi connectivity index (χ2v) is 9.24. The highest BCUT2D eigenvalue weighted by molar-refractivity contribution is 7.99. The number of halogens is 1. The fourth-order valence-corrected chi connectivity index (χ4v) is 5.71. The van der Waals surface area contributed by atoms with Crippen LogP contribution in [0.5, 0.6) is 0 Å². The molecule has 35 heavy (non-hydrogen) atoms. The van der Waals surface area contributed by atoms with Crippen molar-refractivity contribution in [2.45, 2.75) is 12.0 Å². The number of nitrogens with one attached hydrogen (secondary N) is 1. The monoisotopic (exact) mass is 492 g/mol. The average molecular weight is 493 g/mol. The first-order valence-corrected chi connectivity index (χ1v) is 12.1. The Hall–Kier alpha value is -3.85. The number of thioether (sulfide) groups is 1. The molecule has 9 heteroatoms. The van der Waals surface area contributed by atoms with Crippen LogP contribution in [0.25, 0.3) is 11.1 Å². The van der Waals surface area contributed by atoms with Gasteiger partial charge in [-0.15, -0.1) is 11.8 Å². The Morgan fingerprint density at radius 1 is 1.00 bits per heavy atom.